The average Bonchev–Trinajstić information content (AvgIpc) is 1.62. The fraction of sp³-hybridized carbons (Fsp3) is 0.500. The van der Waals surface area contributed by atoms with Crippen molar-refractivity contribution >= 4 is 0 Å². The van der Waals surface area contributed by atoms with E-state index in [2.05, 4.69) is 24.3 Å². The Bertz CT molecular complexity index is 77.1. The SMILES string of the molecule is C1=C\CC/C=C\CC/1.[Rh+]. The molecule has 0 heterocycles. The fourth-order valence-electron chi connectivity index (χ4n) is 0.856. The van der Waals surface area contributed by atoms with Gasteiger partial charge in [0, 0.05) is 0 Å². The van der Waals surface area contributed by atoms with Crippen LogP contribution in [-0.2, 0) is 19.5 Å². The van der Waals surface area contributed by atoms with Crippen LogP contribution in [0.4, 0.5) is 0 Å². The number of allylic oxidation sites excluding steroid dienone is 4. The van der Waals surface area contributed by atoms with Gasteiger partial charge in [-0.05, 0) is 25.7 Å². The van der Waals surface area contributed by atoms with Crippen LogP contribution >= 0.6 is 0 Å². The minimum absolute atomic E-state index is 0. The molecule has 0 aliphatic heterocycles. The van der Waals surface area contributed by atoms with E-state index in [-0.39, 0.29) is 19.5 Å². The maximum atomic E-state index is 2.27. The Labute approximate surface area is 69.8 Å². The van der Waals surface area contributed by atoms with E-state index >= 15 is 0 Å². The summed E-state index contributed by atoms with van der Waals surface area (Å²) in [4.78, 5) is 0. The third kappa shape index (κ3) is 4.60. The monoisotopic (exact) mass is 211 g/mol. The molecule has 0 aromatic heterocycles. The van der Waals surface area contributed by atoms with Gasteiger partial charge in [0.2, 0.25) is 0 Å². The molecule has 0 aromatic carbocycles. The molecule has 9 heavy (non-hydrogen) atoms. The second-order valence-corrected chi connectivity index (χ2v) is 2.10. The molecular weight excluding hydrogens is 199 g/mol. The van der Waals surface area contributed by atoms with E-state index in [1.165, 1.54) is 25.7 Å². The molecule has 0 radical (unpaired) electrons. The summed E-state index contributed by atoms with van der Waals surface area (Å²) in [5.41, 5.74) is 0. The Morgan fingerprint density at radius 1 is 0.556 bits per heavy atom. The zero-order chi connectivity index (χ0) is 5.66. The van der Waals surface area contributed by atoms with Crippen LogP contribution in [0.15, 0.2) is 24.3 Å². The molecule has 0 bridgehead atoms. The molecule has 0 amide bonds. The zero-order valence-corrected chi connectivity index (χ0v) is 7.11. The van der Waals surface area contributed by atoms with Crippen LogP contribution in [0.5, 0.6) is 0 Å². The molecule has 0 aromatic rings. The molecule has 0 unspecified atom stereocenters. The molecule has 0 fully saturated rings. The predicted octanol–water partition coefficient (Wildman–Crippen LogP) is 2.67. The van der Waals surface area contributed by atoms with E-state index in [1.807, 2.05) is 0 Å². The quantitative estimate of drug-likeness (QED) is 0.426. The molecule has 0 saturated carbocycles. The Morgan fingerprint density at radius 2 is 0.778 bits per heavy atom. The molecule has 0 saturated heterocycles. The Hall–Kier alpha value is 0.103. The Morgan fingerprint density at radius 3 is 1.00 bits per heavy atom. The van der Waals surface area contributed by atoms with Gasteiger partial charge in [-0.3, -0.25) is 0 Å². The van der Waals surface area contributed by atoms with E-state index < -0.39 is 0 Å². The van der Waals surface area contributed by atoms with Crippen molar-refractivity contribution in [2.24, 2.45) is 0 Å². The summed E-state index contributed by atoms with van der Waals surface area (Å²) in [5.74, 6) is 0. The van der Waals surface area contributed by atoms with Gasteiger partial charge in [-0.15, -0.1) is 0 Å². The number of rotatable bonds is 0. The summed E-state index contributed by atoms with van der Waals surface area (Å²) in [6.45, 7) is 0. The fourth-order valence-corrected chi connectivity index (χ4v) is 0.856. The van der Waals surface area contributed by atoms with Crippen LogP contribution in [0.25, 0.3) is 0 Å². The van der Waals surface area contributed by atoms with Crippen molar-refractivity contribution in [3.05, 3.63) is 24.3 Å². The maximum absolute atomic E-state index is 2.27. The third-order valence-corrected chi connectivity index (χ3v) is 1.33. The predicted molar refractivity (Wildman–Crippen MR) is 36.7 cm³/mol. The van der Waals surface area contributed by atoms with Crippen molar-refractivity contribution < 1.29 is 19.5 Å². The normalized spacial score (nSPS) is 24.9. The molecule has 1 aliphatic rings. The molecule has 0 spiro atoms. The van der Waals surface area contributed by atoms with Crippen LogP contribution in [0, 0.1) is 0 Å². The summed E-state index contributed by atoms with van der Waals surface area (Å²) in [6, 6.07) is 0. The smallest absolute Gasteiger partial charge is 0.0882 e. The van der Waals surface area contributed by atoms with E-state index in [0.717, 1.165) is 0 Å². The van der Waals surface area contributed by atoms with Gasteiger partial charge >= 0.3 is 19.5 Å². The van der Waals surface area contributed by atoms with E-state index in [0.29, 0.717) is 0 Å². The first-order chi connectivity index (χ1) is 4.00. The summed E-state index contributed by atoms with van der Waals surface area (Å²) in [5, 5.41) is 0. The molecular formula is C8H12Rh+. The van der Waals surface area contributed by atoms with E-state index in [4.69, 9.17) is 0 Å². The number of hydrogen-bond donors (Lipinski definition) is 0. The van der Waals surface area contributed by atoms with Gasteiger partial charge < -0.3 is 0 Å². The summed E-state index contributed by atoms with van der Waals surface area (Å²) in [7, 11) is 0. The first-order valence-corrected chi connectivity index (χ1v) is 3.30. The van der Waals surface area contributed by atoms with Crippen LogP contribution < -0.4 is 0 Å². The molecule has 0 N–H and O–H groups in total. The molecule has 52 valence electrons. The standard InChI is InChI=1S/C8H12.Rh/c1-2-4-6-8-7-5-3-1;/h1-2,7-8H,3-6H2;/q;+1/b2-1-,8-7-;. The van der Waals surface area contributed by atoms with Gasteiger partial charge in [0.25, 0.3) is 0 Å². The first-order valence-electron chi connectivity index (χ1n) is 3.30. The second-order valence-electron chi connectivity index (χ2n) is 2.10. The van der Waals surface area contributed by atoms with Gasteiger partial charge in [-0.1, -0.05) is 24.3 Å². The minimum atomic E-state index is 0. The van der Waals surface area contributed by atoms with Gasteiger partial charge in [0.05, 0.1) is 0 Å². The number of hydrogen-bond acceptors (Lipinski definition) is 0. The largest absolute Gasteiger partial charge is 1.00 e. The zero-order valence-electron chi connectivity index (χ0n) is 5.47. The van der Waals surface area contributed by atoms with Gasteiger partial charge in [0.15, 0.2) is 0 Å². The van der Waals surface area contributed by atoms with Crippen molar-refractivity contribution in [1.82, 2.24) is 0 Å². The van der Waals surface area contributed by atoms with Crippen molar-refractivity contribution in [2.75, 3.05) is 0 Å². The minimum Gasteiger partial charge on any atom is -0.0882 e. The molecule has 0 nitrogen and oxygen atoms in total. The first kappa shape index (κ1) is 9.10. The van der Waals surface area contributed by atoms with Crippen molar-refractivity contribution in [3.63, 3.8) is 0 Å². The molecule has 1 rings (SSSR count). The topological polar surface area (TPSA) is 0 Å². The third-order valence-electron chi connectivity index (χ3n) is 1.33. The van der Waals surface area contributed by atoms with Crippen molar-refractivity contribution in [1.29, 1.82) is 0 Å². The molecule has 1 heteroatoms. The van der Waals surface area contributed by atoms with Crippen LogP contribution in [0.3, 0.4) is 0 Å². The Balaban J connectivity index is 0.000000640. The van der Waals surface area contributed by atoms with Crippen LogP contribution in [0.2, 0.25) is 0 Å². The average molecular weight is 211 g/mol. The summed E-state index contributed by atoms with van der Waals surface area (Å²) in [6.07, 6.45) is 14.0. The summed E-state index contributed by atoms with van der Waals surface area (Å²) >= 11 is 0. The van der Waals surface area contributed by atoms with Crippen LogP contribution in [-0.4, -0.2) is 0 Å². The van der Waals surface area contributed by atoms with Gasteiger partial charge in [0.1, 0.15) is 0 Å². The van der Waals surface area contributed by atoms with Crippen LogP contribution in [0.1, 0.15) is 25.7 Å². The summed E-state index contributed by atoms with van der Waals surface area (Å²) < 4.78 is 0. The van der Waals surface area contributed by atoms with Crippen molar-refractivity contribution in [2.45, 2.75) is 25.7 Å². The van der Waals surface area contributed by atoms with E-state index in [1.54, 1.807) is 0 Å². The maximum Gasteiger partial charge on any atom is 1.00 e. The van der Waals surface area contributed by atoms with Gasteiger partial charge in [-0.2, -0.15) is 0 Å². The van der Waals surface area contributed by atoms with E-state index in [9.17, 15) is 0 Å². The van der Waals surface area contributed by atoms with Crippen molar-refractivity contribution in [3.8, 4) is 0 Å². The molecule has 1 aliphatic carbocycles. The second kappa shape index (κ2) is 6.23. The molecule has 0 atom stereocenters. The Kier molecular flexibility index (Phi) is 6.30. The van der Waals surface area contributed by atoms with Gasteiger partial charge in [-0.25, -0.2) is 0 Å².